The van der Waals surface area contributed by atoms with Crippen molar-refractivity contribution in [1.82, 2.24) is 0 Å². The fraction of sp³-hybridized carbons (Fsp3) is 0.400. The number of rotatable bonds is 1. The van der Waals surface area contributed by atoms with Gasteiger partial charge in [0.15, 0.2) is 0 Å². The Hall–Kier alpha value is -0.840. The fourth-order valence-corrected chi connectivity index (χ4v) is 2.06. The number of thiol groups is 1. The molecule has 0 N–H and O–H groups in total. The Kier molecular flexibility index (Phi) is 2.58. The molecule has 0 atom stereocenters. The summed E-state index contributed by atoms with van der Waals surface area (Å²) in [6, 6.07) is 3.90. The number of anilines is 1. The van der Waals surface area contributed by atoms with Crippen LogP contribution in [0.4, 0.5) is 18.9 Å². The molecule has 5 heteroatoms. The molecule has 0 saturated carbocycles. The summed E-state index contributed by atoms with van der Waals surface area (Å²) in [5, 5.41) is 0. The Bertz CT molecular complexity index is 375. The molecule has 1 aliphatic rings. The largest absolute Gasteiger partial charge is 0.416 e. The first-order chi connectivity index (χ1) is 7.02. The van der Waals surface area contributed by atoms with Crippen LogP contribution in [0.5, 0.6) is 0 Å². The van der Waals surface area contributed by atoms with Crippen LogP contribution in [0.15, 0.2) is 18.2 Å². The quantitative estimate of drug-likeness (QED) is 0.730. The first-order valence-electron chi connectivity index (χ1n) is 4.58. The number of hydrogen-bond acceptors (Lipinski definition) is 2. The van der Waals surface area contributed by atoms with Crippen molar-refractivity contribution >= 4 is 18.3 Å². The second-order valence-electron chi connectivity index (χ2n) is 3.50. The van der Waals surface area contributed by atoms with Crippen molar-refractivity contribution in [3.05, 3.63) is 29.3 Å². The van der Waals surface area contributed by atoms with Gasteiger partial charge in [-0.2, -0.15) is 25.8 Å². The Morgan fingerprint density at radius 2 is 2.07 bits per heavy atom. The third-order valence-corrected chi connectivity index (χ3v) is 2.92. The monoisotopic (exact) mass is 233 g/mol. The molecule has 1 aliphatic heterocycles. The Balaban J connectivity index is 2.41. The zero-order valence-corrected chi connectivity index (χ0v) is 8.78. The van der Waals surface area contributed by atoms with Gasteiger partial charge in [-0.15, -0.1) is 0 Å². The summed E-state index contributed by atoms with van der Waals surface area (Å²) in [7, 11) is 0. The standard InChI is InChI=1S/C10H10F3NS/c11-10(12,13)8-2-1-7-3-4-14(6-15)9(7)5-8/h1-2,5,15H,3-4,6H2. The van der Waals surface area contributed by atoms with Gasteiger partial charge in [0.05, 0.1) is 11.4 Å². The molecule has 0 saturated heterocycles. The predicted molar refractivity (Wildman–Crippen MR) is 56.3 cm³/mol. The fourth-order valence-electron chi connectivity index (χ4n) is 1.77. The summed E-state index contributed by atoms with van der Waals surface area (Å²) < 4.78 is 37.3. The summed E-state index contributed by atoms with van der Waals surface area (Å²) in [5.74, 6) is 0.453. The van der Waals surface area contributed by atoms with E-state index in [1.807, 2.05) is 4.90 Å². The zero-order chi connectivity index (χ0) is 11.1. The molecular formula is C10H10F3NS. The van der Waals surface area contributed by atoms with Gasteiger partial charge in [0.2, 0.25) is 0 Å². The molecule has 1 heterocycles. The Morgan fingerprint density at radius 1 is 1.33 bits per heavy atom. The van der Waals surface area contributed by atoms with E-state index < -0.39 is 11.7 Å². The van der Waals surface area contributed by atoms with E-state index in [-0.39, 0.29) is 0 Å². The van der Waals surface area contributed by atoms with E-state index in [1.54, 1.807) is 6.07 Å². The first-order valence-corrected chi connectivity index (χ1v) is 5.21. The molecule has 1 nitrogen and oxygen atoms in total. The van der Waals surface area contributed by atoms with Gasteiger partial charge in [-0.25, -0.2) is 0 Å². The second kappa shape index (κ2) is 3.63. The van der Waals surface area contributed by atoms with Crippen molar-refractivity contribution in [3.8, 4) is 0 Å². The molecule has 82 valence electrons. The molecule has 0 aliphatic carbocycles. The minimum absolute atomic E-state index is 0.453. The van der Waals surface area contributed by atoms with Gasteiger partial charge in [-0.1, -0.05) is 6.07 Å². The third-order valence-electron chi connectivity index (χ3n) is 2.58. The van der Waals surface area contributed by atoms with Gasteiger partial charge < -0.3 is 4.90 Å². The predicted octanol–water partition coefficient (Wildman–Crippen LogP) is 2.96. The lowest BCUT2D eigenvalue weighted by molar-refractivity contribution is -0.137. The van der Waals surface area contributed by atoms with Crippen molar-refractivity contribution in [2.45, 2.75) is 12.6 Å². The van der Waals surface area contributed by atoms with Crippen molar-refractivity contribution in [2.75, 3.05) is 17.3 Å². The highest BCUT2D eigenvalue weighted by Crippen LogP contribution is 2.36. The minimum atomic E-state index is -4.26. The van der Waals surface area contributed by atoms with Crippen molar-refractivity contribution in [3.63, 3.8) is 0 Å². The zero-order valence-electron chi connectivity index (χ0n) is 7.88. The molecule has 0 bridgehead atoms. The lowest BCUT2D eigenvalue weighted by Gasteiger charge is -2.17. The number of halogens is 3. The molecule has 2 rings (SSSR count). The van der Waals surface area contributed by atoms with Gasteiger partial charge in [-0.05, 0) is 24.1 Å². The number of benzene rings is 1. The molecule has 1 aromatic rings. The summed E-state index contributed by atoms with van der Waals surface area (Å²) in [6.07, 6.45) is -3.46. The molecule has 0 amide bonds. The van der Waals surface area contributed by atoms with E-state index >= 15 is 0 Å². The van der Waals surface area contributed by atoms with E-state index in [1.165, 1.54) is 6.07 Å². The molecule has 0 spiro atoms. The smallest absolute Gasteiger partial charge is 0.362 e. The highest BCUT2D eigenvalue weighted by Gasteiger charge is 2.32. The van der Waals surface area contributed by atoms with Crippen LogP contribution >= 0.6 is 12.6 Å². The van der Waals surface area contributed by atoms with Crippen LogP contribution in [0.3, 0.4) is 0 Å². The first kappa shape index (κ1) is 10.7. The maximum absolute atomic E-state index is 12.4. The van der Waals surface area contributed by atoms with Gasteiger partial charge in [0.25, 0.3) is 0 Å². The SMILES string of the molecule is FC(F)(F)c1ccc2c(c1)N(CS)CC2. The second-order valence-corrected chi connectivity index (χ2v) is 3.78. The van der Waals surface area contributed by atoms with Gasteiger partial charge in [0.1, 0.15) is 0 Å². The molecular weight excluding hydrogens is 223 g/mol. The lowest BCUT2D eigenvalue weighted by atomic mass is 10.1. The summed E-state index contributed by atoms with van der Waals surface area (Å²) in [6.45, 7) is 0.750. The van der Waals surface area contributed by atoms with Gasteiger partial charge in [-0.3, -0.25) is 0 Å². The van der Waals surface area contributed by atoms with E-state index in [2.05, 4.69) is 12.6 Å². The Morgan fingerprint density at radius 3 is 2.67 bits per heavy atom. The molecule has 1 aromatic carbocycles. The van der Waals surface area contributed by atoms with Crippen molar-refractivity contribution in [1.29, 1.82) is 0 Å². The molecule has 0 radical (unpaired) electrons. The van der Waals surface area contributed by atoms with E-state index in [4.69, 9.17) is 0 Å². The van der Waals surface area contributed by atoms with Crippen LogP contribution in [0.25, 0.3) is 0 Å². The minimum Gasteiger partial charge on any atom is -0.362 e. The lowest BCUT2D eigenvalue weighted by Crippen LogP contribution is -2.18. The topological polar surface area (TPSA) is 3.24 Å². The molecule has 15 heavy (non-hydrogen) atoms. The van der Waals surface area contributed by atoms with E-state index in [0.29, 0.717) is 11.6 Å². The average molecular weight is 233 g/mol. The maximum Gasteiger partial charge on any atom is 0.416 e. The number of nitrogens with zero attached hydrogens (tertiary/aromatic N) is 1. The van der Waals surface area contributed by atoms with Crippen LogP contribution in [0.1, 0.15) is 11.1 Å². The highest BCUT2D eigenvalue weighted by atomic mass is 32.1. The highest BCUT2D eigenvalue weighted by molar-refractivity contribution is 7.80. The number of hydrogen-bond donors (Lipinski definition) is 1. The number of fused-ring (bicyclic) bond motifs is 1. The van der Waals surface area contributed by atoms with Crippen molar-refractivity contribution in [2.24, 2.45) is 0 Å². The Labute approximate surface area is 91.3 Å². The third kappa shape index (κ3) is 1.93. The maximum atomic E-state index is 12.4. The van der Waals surface area contributed by atoms with E-state index in [9.17, 15) is 13.2 Å². The molecule has 0 aromatic heterocycles. The molecule has 0 unspecified atom stereocenters. The van der Waals surface area contributed by atoms with Crippen molar-refractivity contribution < 1.29 is 13.2 Å². The van der Waals surface area contributed by atoms with Crippen LogP contribution in [-0.4, -0.2) is 12.4 Å². The van der Waals surface area contributed by atoms with Crippen LogP contribution in [0, 0.1) is 0 Å². The average Bonchev–Trinajstić information content (AvgIpc) is 2.57. The summed E-state index contributed by atoms with van der Waals surface area (Å²) >= 11 is 4.09. The van der Waals surface area contributed by atoms with Crippen LogP contribution in [0.2, 0.25) is 0 Å². The van der Waals surface area contributed by atoms with E-state index in [0.717, 1.165) is 24.6 Å². The van der Waals surface area contributed by atoms with Crippen LogP contribution in [-0.2, 0) is 12.6 Å². The molecule has 0 fully saturated rings. The number of alkyl halides is 3. The van der Waals surface area contributed by atoms with Crippen LogP contribution < -0.4 is 4.90 Å². The van der Waals surface area contributed by atoms with Gasteiger partial charge in [0, 0.05) is 12.2 Å². The van der Waals surface area contributed by atoms with Gasteiger partial charge >= 0.3 is 6.18 Å². The summed E-state index contributed by atoms with van der Waals surface area (Å²) in [5.41, 5.74) is 1.05. The normalized spacial score (nSPS) is 15.6. The summed E-state index contributed by atoms with van der Waals surface area (Å²) in [4.78, 5) is 1.84.